The van der Waals surface area contributed by atoms with Crippen LogP contribution in [0.15, 0.2) is 60.7 Å². The summed E-state index contributed by atoms with van der Waals surface area (Å²) < 4.78 is 10.0. The van der Waals surface area contributed by atoms with Gasteiger partial charge in [0.05, 0.1) is 18.3 Å². The van der Waals surface area contributed by atoms with E-state index in [9.17, 15) is 4.79 Å². The Labute approximate surface area is 177 Å². The number of pyridine rings is 1. The van der Waals surface area contributed by atoms with E-state index in [2.05, 4.69) is 48.1 Å². The van der Waals surface area contributed by atoms with Gasteiger partial charge in [0.2, 0.25) is 0 Å². The second-order valence-electron chi connectivity index (χ2n) is 7.00. The summed E-state index contributed by atoms with van der Waals surface area (Å²) in [7, 11) is 1.34. The number of fused-ring (bicyclic) bond motifs is 1. The predicted octanol–water partition coefficient (Wildman–Crippen LogP) is 6.16. The van der Waals surface area contributed by atoms with Crippen LogP contribution in [-0.4, -0.2) is 24.7 Å². The maximum absolute atomic E-state index is 11.2. The summed E-state index contributed by atoms with van der Waals surface area (Å²) >= 11 is 0. The summed E-state index contributed by atoms with van der Waals surface area (Å²) in [6.45, 7) is 2.10. The molecule has 4 heteroatoms. The molecule has 0 aliphatic heterocycles. The van der Waals surface area contributed by atoms with Crippen molar-refractivity contribution in [3.05, 3.63) is 77.5 Å². The molecule has 0 spiro atoms. The topological polar surface area (TPSA) is 48.4 Å². The number of rotatable bonds is 9. The van der Waals surface area contributed by atoms with Crippen LogP contribution in [0.2, 0.25) is 0 Å². The quantitative estimate of drug-likeness (QED) is 0.318. The highest BCUT2D eigenvalue weighted by Crippen LogP contribution is 2.19. The molecule has 0 saturated heterocycles. The van der Waals surface area contributed by atoms with Crippen LogP contribution in [0.25, 0.3) is 29.1 Å². The Bertz CT molecular complexity index is 1050. The number of carbonyl (C=O) groups excluding carboxylic acids is 1. The fourth-order valence-corrected chi connectivity index (χ4v) is 2.99. The van der Waals surface area contributed by atoms with E-state index in [1.807, 2.05) is 42.5 Å². The molecule has 2 aromatic carbocycles. The molecule has 1 aromatic heterocycles. The Balaban J connectivity index is 1.69. The molecule has 0 aliphatic carbocycles. The average molecular weight is 402 g/mol. The lowest BCUT2D eigenvalue weighted by Crippen LogP contribution is -2.12. The van der Waals surface area contributed by atoms with E-state index in [4.69, 9.17) is 9.72 Å². The van der Waals surface area contributed by atoms with Crippen molar-refractivity contribution in [3.63, 3.8) is 0 Å². The first-order chi connectivity index (χ1) is 14.7. The van der Waals surface area contributed by atoms with E-state index in [0.717, 1.165) is 28.6 Å². The van der Waals surface area contributed by atoms with E-state index < -0.39 is 5.97 Å². The van der Waals surface area contributed by atoms with Crippen molar-refractivity contribution in [2.75, 3.05) is 13.7 Å². The zero-order valence-corrected chi connectivity index (χ0v) is 17.5. The van der Waals surface area contributed by atoms with E-state index in [0.29, 0.717) is 5.75 Å². The summed E-state index contributed by atoms with van der Waals surface area (Å²) in [5.74, 6) is 0.212. The first-order valence-corrected chi connectivity index (χ1v) is 10.2. The number of benzene rings is 2. The van der Waals surface area contributed by atoms with Gasteiger partial charge in [-0.2, -0.15) is 0 Å². The van der Waals surface area contributed by atoms with Gasteiger partial charge in [0.15, 0.2) is 6.61 Å². The molecule has 0 bridgehead atoms. The van der Waals surface area contributed by atoms with Crippen LogP contribution >= 0.6 is 0 Å². The number of ether oxygens (including phenoxy) is 2. The Morgan fingerprint density at radius 1 is 1.00 bits per heavy atom. The number of carbonyl (C=O) groups is 1. The van der Waals surface area contributed by atoms with E-state index in [-0.39, 0.29) is 6.61 Å². The molecule has 0 aliphatic rings. The second kappa shape index (κ2) is 11.0. The summed E-state index contributed by atoms with van der Waals surface area (Å²) in [5.41, 5.74) is 4.02. The molecule has 1 heterocycles. The van der Waals surface area contributed by atoms with Crippen LogP contribution in [0, 0.1) is 0 Å². The van der Waals surface area contributed by atoms with Crippen molar-refractivity contribution in [2.24, 2.45) is 0 Å². The lowest BCUT2D eigenvalue weighted by Gasteiger charge is -2.05. The molecular weight excluding hydrogens is 374 g/mol. The van der Waals surface area contributed by atoms with Gasteiger partial charge in [0.25, 0.3) is 0 Å². The molecule has 154 valence electrons. The van der Waals surface area contributed by atoms with Gasteiger partial charge in [0.1, 0.15) is 5.75 Å². The zero-order valence-electron chi connectivity index (χ0n) is 17.5. The first-order valence-electron chi connectivity index (χ1n) is 10.2. The number of unbranched alkanes of at least 4 members (excludes halogenated alkanes) is 2. The van der Waals surface area contributed by atoms with Crippen molar-refractivity contribution >= 4 is 35.1 Å². The standard InChI is InChI=1S/C26H27NO3/c1-3-4-5-6-8-20-12-16-25-22(17-20)13-15-23(27-25)14-11-21-9-7-10-24(18-21)30-19-26(28)29-2/h6-18H,3-5,19H2,1-2H3/b8-6+,14-11-. The van der Waals surface area contributed by atoms with Crippen molar-refractivity contribution < 1.29 is 14.3 Å². The largest absolute Gasteiger partial charge is 0.482 e. The van der Waals surface area contributed by atoms with Crippen molar-refractivity contribution in [2.45, 2.75) is 26.2 Å². The number of allylic oxidation sites excluding steroid dienone is 1. The number of hydrogen-bond acceptors (Lipinski definition) is 4. The highest BCUT2D eigenvalue weighted by molar-refractivity contribution is 5.83. The molecule has 0 amide bonds. The summed E-state index contributed by atoms with van der Waals surface area (Å²) in [5, 5.41) is 1.13. The van der Waals surface area contributed by atoms with Gasteiger partial charge in [-0.15, -0.1) is 0 Å². The first kappa shape index (κ1) is 21.3. The van der Waals surface area contributed by atoms with Crippen LogP contribution < -0.4 is 4.74 Å². The molecule has 0 atom stereocenters. The van der Waals surface area contributed by atoms with Crippen molar-refractivity contribution in [1.82, 2.24) is 4.98 Å². The predicted molar refractivity (Wildman–Crippen MR) is 123 cm³/mol. The number of methoxy groups -OCH3 is 1. The van der Waals surface area contributed by atoms with Crippen LogP contribution in [0.4, 0.5) is 0 Å². The minimum absolute atomic E-state index is 0.105. The van der Waals surface area contributed by atoms with Gasteiger partial charge in [-0.3, -0.25) is 0 Å². The maximum Gasteiger partial charge on any atom is 0.343 e. The molecular formula is C26H27NO3. The van der Waals surface area contributed by atoms with Gasteiger partial charge in [-0.25, -0.2) is 9.78 Å². The second-order valence-corrected chi connectivity index (χ2v) is 7.00. The zero-order chi connectivity index (χ0) is 21.2. The molecule has 3 aromatic rings. The monoisotopic (exact) mass is 401 g/mol. The summed E-state index contributed by atoms with van der Waals surface area (Å²) in [6.07, 6.45) is 11.9. The number of esters is 1. The Morgan fingerprint density at radius 2 is 1.87 bits per heavy atom. The normalized spacial score (nSPS) is 11.4. The van der Waals surface area contributed by atoms with Gasteiger partial charge in [-0.05, 0) is 54.0 Å². The Morgan fingerprint density at radius 3 is 2.70 bits per heavy atom. The van der Waals surface area contributed by atoms with Crippen LogP contribution in [-0.2, 0) is 9.53 Å². The molecule has 0 fully saturated rings. The minimum Gasteiger partial charge on any atom is -0.482 e. The highest BCUT2D eigenvalue weighted by Gasteiger charge is 2.02. The smallest absolute Gasteiger partial charge is 0.343 e. The van der Waals surface area contributed by atoms with Crippen LogP contribution in [0.3, 0.4) is 0 Å². The number of aromatic nitrogens is 1. The van der Waals surface area contributed by atoms with Crippen molar-refractivity contribution in [3.8, 4) is 5.75 Å². The maximum atomic E-state index is 11.2. The number of nitrogens with zero attached hydrogens (tertiary/aromatic N) is 1. The van der Waals surface area contributed by atoms with Gasteiger partial charge >= 0.3 is 5.97 Å². The molecule has 0 radical (unpaired) electrons. The van der Waals surface area contributed by atoms with Gasteiger partial charge in [0, 0.05) is 5.39 Å². The highest BCUT2D eigenvalue weighted by atomic mass is 16.6. The minimum atomic E-state index is -0.407. The molecule has 3 rings (SSSR count). The van der Waals surface area contributed by atoms with E-state index >= 15 is 0 Å². The third kappa shape index (κ3) is 6.31. The molecule has 4 nitrogen and oxygen atoms in total. The van der Waals surface area contributed by atoms with Crippen LogP contribution in [0.5, 0.6) is 5.75 Å². The lowest BCUT2D eigenvalue weighted by molar-refractivity contribution is -0.142. The Kier molecular flexibility index (Phi) is 7.78. The van der Waals surface area contributed by atoms with Gasteiger partial charge < -0.3 is 9.47 Å². The van der Waals surface area contributed by atoms with Crippen LogP contribution in [0.1, 0.15) is 43.0 Å². The molecule has 0 unspecified atom stereocenters. The number of hydrogen-bond donors (Lipinski definition) is 0. The summed E-state index contributed by atoms with van der Waals surface area (Å²) in [4.78, 5) is 15.9. The van der Waals surface area contributed by atoms with Crippen molar-refractivity contribution in [1.29, 1.82) is 0 Å². The Hall–Kier alpha value is -3.40. The molecule has 0 N–H and O–H groups in total. The lowest BCUT2D eigenvalue weighted by atomic mass is 10.1. The fourth-order valence-electron chi connectivity index (χ4n) is 2.99. The summed E-state index contributed by atoms with van der Waals surface area (Å²) in [6, 6.07) is 18.0. The molecule has 30 heavy (non-hydrogen) atoms. The fraction of sp³-hybridized carbons (Fsp3) is 0.231. The third-order valence-electron chi connectivity index (χ3n) is 4.66. The molecule has 0 saturated carbocycles. The van der Waals surface area contributed by atoms with E-state index in [1.165, 1.54) is 25.5 Å². The van der Waals surface area contributed by atoms with Gasteiger partial charge in [-0.1, -0.05) is 62.3 Å². The van der Waals surface area contributed by atoms with E-state index in [1.54, 1.807) is 0 Å². The average Bonchev–Trinajstić information content (AvgIpc) is 2.79. The SMILES string of the molecule is CCCC/C=C/c1ccc2nc(/C=C\c3cccc(OCC(=O)OC)c3)ccc2c1. The third-order valence-corrected chi connectivity index (χ3v) is 4.66.